The second-order valence-electron chi connectivity index (χ2n) is 6.42. The van der Waals surface area contributed by atoms with Gasteiger partial charge < -0.3 is 4.74 Å². The summed E-state index contributed by atoms with van der Waals surface area (Å²) in [6.45, 7) is 3.76. The highest BCUT2D eigenvalue weighted by Gasteiger charge is 2.49. The van der Waals surface area contributed by atoms with Crippen molar-refractivity contribution in [1.29, 1.82) is 0 Å². The highest BCUT2D eigenvalue weighted by Crippen LogP contribution is 2.53. The summed E-state index contributed by atoms with van der Waals surface area (Å²) in [5, 5.41) is 0. The third-order valence-electron chi connectivity index (χ3n) is 4.88. The zero-order chi connectivity index (χ0) is 12.2. The quantitative estimate of drug-likeness (QED) is 0.809. The summed E-state index contributed by atoms with van der Waals surface area (Å²) in [6.07, 6.45) is 5.65. The number of methoxy groups -OCH3 is 1. The summed E-state index contributed by atoms with van der Waals surface area (Å²) in [4.78, 5) is 2.69. The van der Waals surface area contributed by atoms with E-state index < -0.39 is 0 Å². The minimum Gasteiger partial charge on any atom is -0.497 e. The van der Waals surface area contributed by atoms with Gasteiger partial charge in [0.1, 0.15) is 5.75 Å². The maximum Gasteiger partial charge on any atom is 0.119 e. The molecule has 96 valence electrons. The van der Waals surface area contributed by atoms with Crippen LogP contribution in [0.2, 0.25) is 0 Å². The standard InChI is InChI=1S/C16H21NO/c1-18-14-5-4-13-10-17(9-12-2-3-12)11-16(6-7-16)15(13)8-14/h4-5,8,12H,2-3,6-7,9-11H2,1H3. The van der Waals surface area contributed by atoms with Crippen LogP contribution in [0.4, 0.5) is 0 Å². The van der Waals surface area contributed by atoms with E-state index in [0.717, 1.165) is 18.2 Å². The van der Waals surface area contributed by atoms with Crippen LogP contribution in [-0.4, -0.2) is 25.1 Å². The van der Waals surface area contributed by atoms with Gasteiger partial charge in [-0.25, -0.2) is 0 Å². The Morgan fingerprint density at radius 2 is 2.17 bits per heavy atom. The molecule has 3 aliphatic rings. The van der Waals surface area contributed by atoms with Crippen LogP contribution in [0.1, 0.15) is 36.8 Å². The summed E-state index contributed by atoms with van der Waals surface area (Å²) in [7, 11) is 1.77. The summed E-state index contributed by atoms with van der Waals surface area (Å²) in [5.41, 5.74) is 3.60. The van der Waals surface area contributed by atoms with E-state index in [1.807, 2.05) is 0 Å². The fraction of sp³-hybridized carbons (Fsp3) is 0.625. The Bertz CT molecular complexity index is 474. The molecule has 1 aliphatic heterocycles. The predicted molar refractivity (Wildman–Crippen MR) is 71.9 cm³/mol. The van der Waals surface area contributed by atoms with Gasteiger partial charge in [0.25, 0.3) is 0 Å². The smallest absolute Gasteiger partial charge is 0.119 e. The van der Waals surface area contributed by atoms with E-state index in [-0.39, 0.29) is 0 Å². The molecule has 1 aromatic carbocycles. The monoisotopic (exact) mass is 243 g/mol. The van der Waals surface area contributed by atoms with Crippen molar-refractivity contribution in [2.24, 2.45) is 5.92 Å². The second kappa shape index (κ2) is 3.74. The van der Waals surface area contributed by atoms with E-state index >= 15 is 0 Å². The summed E-state index contributed by atoms with van der Waals surface area (Å²) < 4.78 is 5.39. The van der Waals surface area contributed by atoms with Gasteiger partial charge in [-0.1, -0.05) is 6.07 Å². The lowest BCUT2D eigenvalue weighted by atomic mass is 9.86. The van der Waals surface area contributed by atoms with E-state index in [1.54, 1.807) is 18.2 Å². The maximum absolute atomic E-state index is 5.39. The van der Waals surface area contributed by atoms with Crippen LogP contribution >= 0.6 is 0 Å². The lowest BCUT2D eigenvalue weighted by Crippen LogP contribution is -2.38. The number of fused-ring (bicyclic) bond motifs is 2. The molecule has 2 fully saturated rings. The van der Waals surface area contributed by atoms with Crippen molar-refractivity contribution in [3.05, 3.63) is 29.3 Å². The molecule has 4 rings (SSSR count). The van der Waals surface area contributed by atoms with Crippen LogP contribution in [-0.2, 0) is 12.0 Å². The summed E-state index contributed by atoms with van der Waals surface area (Å²) in [5.74, 6) is 2.02. The minimum absolute atomic E-state index is 0.483. The van der Waals surface area contributed by atoms with Gasteiger partial charge in [-0.3, -0.25) is 4.90 Å². The maximum atomic E-state index is 5.39. The molecule has 0 aromatic heterocycles. The third-order valence-corrected chi connectivity index (χ3v) is 4.88. The lowest BCUT2D eigenvalue weighted by molar-refractivity contribution is 0.212. The number of hydrogen-bond donors (Lipinski definition) is 0. The molecule has 2 heteroatoms. The van der Waals surface area contributed by atoms with Crippen LogP contribution in [0.25, 0.3) is 0 Å². The molecule has 0 unspecified atom stereocenters. The first-order chi connectivity index (χ1) is 8.79. The van der Waals surface area contributed by atoms with E-state index in [4.69, 9.17) is 4.74 Å². The Kier molecular flexibility index (Phi) is 2.25. The first kappa shape index (κ1) is 10.9. The molecule has 1 aromatic rings. The number of ether oxygens (including phenoxy) is 1. The molecule has 0 amide bonds. The summed E-state index contributed by atoms with van der Waals surface area (Å²) >= 11 is 0. The molecule has 0 atom stereocenters. The average Bonchev–Trinajstić information content (AvgIpc) is 3.28. The zero-order valence-corrected chi connectivity index (χ0v) is 11.1. The third kappa shape index (κ3) is 1.74. The van der Waals surface area contributed by atoms with Gasteiger partial charge in [0.2, 0.25) is 0 Å². The molecule has 0 N–H and O–H groups in total. The highest BCUT2D eigenvalue weighted by molar-refractivity contribution is 5.45. The van der Waals surface area contributed by atoms with Crippen molar-refractivity contribution in [2.45, 2.75) is 37.6 Å². The van der Waals surface area contributed by atoms with E-state index in [9.17, 15) is 0 Å². The molecule has 1 heterocycles. The van der Waals surface area contributed by atoms with Crippen LogP contribution in [0, 0.1) is 5.92 Å². The van der Waals surface area contributed by atoms with Crippen LogP contribution in [0.15, 0.2) is 18.2 Å². The van der Waals surface area contributed by atoms with Crippen molar-refractivity contribution in [3.8, 4) is 5.75 Å². The first-order valence-corrected chi connectivity index (χ1v) is 7.19. The zero-order valence-electron chi connectivity index (χ0n) is 11.1. The molecular formula is C16H21NO. The Morgan fingerprint density at radius 3 is 2.83 bits per heavy atom. The van der Waals surface area contributed by atoms with Gasteiger partial charge in [0, 0.05) is 25.0 Å². The van der Waals surface area contributed by atoms with E-state index in [1.165, 1.54) is 38.8 Å². The number of rotatable bonds is 3. The molecule has 2 nitrogen and oxygen atoms in total. The summed E-state index contributed by atoms with van der Waals surface area (Å²) in [6, 6.07) is 6.69. The number of nitrogens with zero attached hydrogens (tertiary/aromatic N) is 1. The molecule has 18 heavy (non-hydrogen) atoms. The Morgan fingerprint density at radius 1 is 1.33 bits per heavy atom. The number of benzene rings is 1. The molecule has 0 radical (unpaired) electrons. The Balaban J connectivity index is 1.65. The van der Waals surface area contributed by atoms with Gasteiger partial charge in [-0.2, -0.15) is 0 Å². The lowest BCUT2D eigenvalue weighted by Gasteiger charge is -2.35. The van der Waals surface area contributed by atoms with Gasteiger partial charge >= 0.3 is 0 Å². The Hall–Kier alpha value is -1.02. The molecular weight excluding hydrogens is 222 g/mol. The van der Waals surface area contributed by atoms with E-state index in [2.05, 4.69) is 23.1 Å². The van der Waals surface area contributed by atoms with Gasteiger partial charge in [-0.15, -0.1) is 0 Å². The fourth-order valence-corrected chi connectivity index (χ4v) is 3.50. The fourth-order valence-electron chi connectivity index (χ4n) is 3.50. The van der Waals surface area contributed by atoms with Crippen LogP contribution in [0.5, 0.6) is 5.75 Å². The predicted octanol–water partition coefficient (Wildman–Crippen LogP) is 2.95. The van der Waals surface area contributed by atoms with Crippen molar-refractivity contribution in [2.75, 3.05) is 20.2 Å². The van der Waals surface area contributed by atoms with Gasteiger partial charge in [-0.05, 0) is 54.9 Å². The van der Waals surface area contributed by atoms with Crippen molar-refractivity contribution < 1.29 is 4.74 Å². The second-order valence-corrected chi connectivity index (χ2v) is 6.42. The largest absolute Gasteiger partial charge is 0.497 e. The normalized spacial score (nSPS) is 24.9. The first-order valence-electron chi connectivity index (χ1n) is 7.19. The van der Waals surface area contributed by atoms with Gasteiger partial charge in [0.15, 0.2) is 0 Å². The van der Waals surface area contributed by atoms with Crippen LogP contribution < -0.4 is 4.74 Å². The SMILES string of the molecule is COc1ccc2c(c1)C1(CC1)CN(CC1CC1)C2. The Labute approximate surface area is 109 Å². The molecule has 2 saturated carbocycles. The molecule has 2 aliphatic carbocycles. The van der Waals surface area contributed by atoms with Gasteiger partial charge in [0.05, 0.1) is 7.11 Å². The minimum atomic E-state index is 0.483. The van der Waals surface area contributed by atoms with Crippen molar-refractivity contribution >= 4 is 0 Å². The van der Waals surface area contributed by atoms with Crippen LogP contribution in [0.3, 0.4) is 0 Å². The van der Waals surface area contributed by atoms with Crippen molar-refractivity contribution in [3.63, 3.8) is 0 Å². The average molecular weight is 243 g/mol. The topological polar surface area (TPSA) is 12.5 Å². The van der Waals surface area contributed by atoms with E-state index in [0.29, 0.717) is 5.41 Å². The molecule has 1 spiro atoms. The molecule has 0 bridgehead atoms. The number of hydrogen-bond acceptors (Lipinski definition) is 2. The van der Waals surface area contributed by atoms with Crippen molar-refractivity contribution in [1.82, 2.24) is 4.90 Å². The molecule has 0 saturated heterocycles. The highest BCUT2D eigenvalue weighted by atomic mass is 16.5.